The van der Waals surface area contributed by atoms with E-state index in [2.05, 4.69) is 31.5 Å². The minimum absolute atomic E-state index is 0.205. The Labute approximate surface area is 198 Å². The molecule has 1 aliphatic carbocycles. The van der Waals surface area contributed by atoms with Crippen LogP contribution in [0, 0.1) is 17.7 Å². The Balaban J connectivity index is 0.00000149. The van der Waals surface area contributed by atoms with Gasteiger partial charge in [-0.15, -0.1) is 0 Å². The summed E-state index contributed by atoms with van der Waals surface area (Å²) in [6.07, 6.45) is 7.86. The van der Waals surface area contributed by atoms with Crippen LogP contribution in [-0.4, -0.2) is 28.4 Å². The lowest BCUT2D eigenvalue weighted by Crippen LogP contribution is -2.26. The third-order valence-corrected chi connectivity index (χ3v) is 6.52. The molecule has 0 aliphatic heterocycles. The molecule has 1 aromatic carbocycles. The zero-order chi connectivity index (χ0) is 23.8. The first-order valence-electron chi connectivity index (χ1n) is 12.4. The monoisotopic (exact) mass is 450 g/mol. The minimum Gasteiger partial charge on any atom is -0.366 e. The molecule has 3 N–H and O–H groups in total. The van der Waals surface area contributed by atoms with Gasteiger partial charge >= 0.3 is 0 Å². The van der Waals surface area contributed by atoms with Gasteiger partial charge in [-0.1, -0.05) is 65.1 Å². The van der Waals surface area contributed by atoms with Crippen LogP contribution in [0.3, 0.4) is 0 Å². The van der Waals surface area contributed by atoms with E-state index < -0.39 is 0 Å². The number of fused-ring (bicyclic) bond motifs is 1. The van der Waals surface area contributed by atoms with Crippen molar-refractivity contribution in [1.82, 2.24) is 14.6 Å². The molecule has 2 aromatic heterocycles. The number of nitrogens with two attached hydrogens (primary N) is 1. The maximum atomic E-state index is 14.1. The summed E-state index contributed by atoms with van der Waals surface area (Å²) in [5.74, 6) is 2.35. The molecular formula is C26H38BFN5. The molecule has 1 aliphatic rings. The van der Waals surface area contributed by atoms with E-state index in [1.54, 1.807) is 12.1 Å². The lowest BCUT2D eigenvalue weighted by molar-refractivity contribution is 0.296. The summed E-state index contributed by atoms with van der Waals surface area (Å²) < 4.78 is 15.9. The number of anilines is 1. The van der Waals surface area contributed by atoms with Crippen molar-refractivity contribution in [1.29, 1.82) is 0 Å². The van der Waals surface area contributed by atoms with E-state index in [0.29, 0.717) is 29.9 Å². The fraction of sp³-hybridized carbons (Fsp3) is 0.538. The minimum atomic E-state index is -0.205. The van der Waals surface area contributed by atoms with E-state index >= 15 is 0 Å². The van der Waals surface area contributed by atoms with Crippen molar-refractivity contribution in [2.45, 2.75) is 72.2 Å². The van der Waals surface area contributed by atoms with Crippen LogP contribution in [0.5, 0.6) is 0 Å². The molecule has 5 nitrogen and oxygen atoms in total. The normalized spacial score (nSPS) is 18.2. The molecule has 1 saturated carbocycles. The first kappa shape index (κ1) is 25.2. The highest BCUT2D eigenvalue weighted by Crippen LogP contribution is 2.30. The van der Waals surface area contributed by atoms with Crippen molar-refractivity contribution in [2.75, 3.05) is 11.9 Å². The Morgan fingerprint density at radius 1 is 1.15 bits per heavy atom. The predicted octanol–water partition coefficient (Wildman–Crippen LogP) is 5.14. The number of hydrogen-bond donors (Lipinski definition) is 2. The highest BCUT2D eigenvalue weighted by Gasteiger charge is 2.21. The van der Waals surface area contributed by atoms with Gasteiger partial charge in [-0.25, -0.2) is 9.37 Å². The molecular weight excluding hydrogens is 412 g/mol. The summed E-state index contributed by atoms with van der Waals surface area (Å²) in [5.41, 5.74) is 9.40. The van der Waals surface area contributed by atoms with E-state index in [4.69, 9.17) is 10.7 Å². The fourth-order valence-electron chi connectivity index (χ4n) is 4.45. The van der Waals surface area contributed by atoms with Crippen LogP contribution < -0.4 is 16.6 Å². The van der Waals surface area contributed by atoms with Crippen LogP contribution in [0.1, 0.15) is 70.4 Å². The Hall–Kier alpha value is -2.41. The van der Waals surface area contributed by atoms with Crippen molar-refractivity contribution in [3.8, 4) is 0 Å². The van der Waals surface area contributed by atoms with Gasteiger partial charge in [0.1, 0.15) is 11.6 Å². The van der Waals surface area contributed by atoms with E-state index in [-0.39, 0.29) is 5.82 Å². The Bertz CT molecular complexity index is 1010. The second-order valence-corrected chi connectivity index (χ2v) is 9.06. The zero-order valence-electron chi connectivity index (χ0n) is 20.5. The van der Waals surface area contributed by atoms with E-state index in [1.165, 1.54) is 31.7 Å². The lowest BCUT2D eigenvalue weighted by atomic mass is 9.63. The summed E-state index contributed by atoms with van der Waals surface area (Å²) in [6, 6.07) is 8.87. The van der Waals surface area contributed by atoms with Crippen LogP contribution in [-0.2, 0) is 6.54 Å². The van der Waals surface area contributed by atoms with Gasteiger partial charge in [0.15, 0.2) is 12.9 Å². The molecule has 0 spiro atoms. The van der Waals surface area contributed by atoms with Crippen LogP contribution in [0.15, 0.2) is 36.5 Å². The standard InChI is InChI=1S/C24H32BFN5.C2H6/c1-16(2)20-15-29-31-23(28-14-19-5-3-4-6-21(19)26)11-22(30-24(20)31)25-12-17-7-9-18(13-27)10-8-17;1-2/h3-6,11,15-18,28H,7-10,12-14,27H2,1-2H3;1-2H3. The number of nitrogens with one attached hydrogen (secondary N) is 1. The SMILES string of the molecule is CC.CC(C)c1cnn2c(NCc3ccccc3F)cc([B]CC3CCC(CN)CC3)nc12. The van der Waals surface area contributed by atoms with Gasteiger partial charge in [0.05, 0.1) is 6.20 Å². The summed E-state index contributed by atoms with van der Waals surface area (Å²) >= 11 is 0. The zero-order valence-corrected chi connectivity index (χ0v) is 20.5. The molecule has 0 saturated heterocycles. The molecule has 1 fully saturated rings. The molecule has 0 unspecified atom stereocenters. The van der Waals surface area contributed by atoms with Gasteiger partial charge in [-0.2, -0.15) is 9.61 Å². The summed E-state index contributed by atoms with van der Waals surface area (Å²) in [4.78, 5) is 4.92. The maximum Gasteiger partial charge on any atom is 0.178 e. The van der Waals surface area contributed by atoms with Crippen LogP contribution >= 0.6 is 0 Å². The quantitative estimate of drug-likeness (QED) is 0.466. The maximum absolute atomic E-state index is 14.1. The molecule has 33 heavy (non-hydrogen) atoms. The van der Waals surface area contributed by atoms with Crippen molar-refractivity contribution in [3.63, 3.8) is 0 Å². The number of aromatic nitrogens is 3. The molecule has 2 heterocycles. The number of nitrogens with zero attached hydrogens (tertiary/aromatic N) is 3. The van der Waals surface area contributed by atoms with E-state index in [0.717, 1.165) is 35.5 Å². The van der Waals surface area contributed by atoms with Gasteiger partial charge < -0.3 is 11.1 Å². The molecule has 3 aromatic rings. The second-order valence-electron chi connectivity index (χ2n) is 9.06. The number of rotatable bonds is 8. The molecule has 0 atom stereocenters. The Morgan fingerprint density at radius 3 is 2.52 bits per heavy atom. The van der Waals surface area contributed by atoms with Crippen molar-refractivity contribution >= 4 is 24.3 Å². The van der Waals surface area contributed by atoms with Gasteiger partial charge in [0, 0.05) is 23.3 Å². The van der Waals surface area contributed by atoms with Crippen LogP contribution in [0.2, 0.25) is 6.32 Å². The highest BCUT2D eigenvalue weighted by atomic mass is 19.1. The summed E-state index contributed by atoms with van der Waals surface area (Å²) in [5, 5.41) is 7.93. The number of benzene rings is 1. The third kappa shape index (κ3) is 6.35. The fourth-order valence-corrected chi connectivity index (χ4v) is 4.45. The first-order valence-corrected chi connectivity index (χ1v) is 12.4. The van der Waals surface area contributed by atoms with Gasteiger partial charge in [-0.05, 0) is 49.3 Å². The van der Waals surface area contributed by atoms with Crippen LogP contribution in [0.25, 0.3) is 5.65 Å². The highest BCUT2D eigenvalue weighted by molar-refractivity contribution is 6.52. The molecule has 0 amide bonds. The lowest BCUT2D eigenvalue weighted by Gasteiger charge is -2.27. The second kappa shape index (κ2) is 12.2. The predicted molar refractivity (Wildman–Crippen MR) is 137 cm³/mol. The molecule has 4 rings (SSSR count). The first-order chi connectivity index (χ1) is 16.0. The third-order valence-electron chi connectivity index (χ3n) is 6.52. The Morgan fingerprint density at radius 2 is 1.85 bits per heavy atom. The van der Waals surface area contributed by atoms with E-state index in [9.17, 15) is 4.39 Å². The summed E-state index contributed by atoms with van der Waals surface area (Å²) in [7, 11) is 2.25. The number of hydrogen-bond acceptors (Lipinski definition) is 4. The number of halogens is 1. The van der Waals surface area contributed by atoms with E-state index in [1.807, 2.05) is 36.7 Å². The van der Waals surface area contributed by atoms with Crippen LogP contribution in [0.4, 0.5) is 10.2 Å². The van der Waals surface area contributed by atoms with Crippen molar-refractivity contribution < 1.29 is 4.39 Å². The van der Waals surface area contributed by atoms with Gasteiger partial charge in [0.25, 0.3) is 0 Å². The molecule has 1 radical (unpaired) electrons. The molecule has 177 valence electrons. The smallest absolute Gasteiger partial charge is 0.178 e. The average molecular weight is 450 g/mol. The van der Waals surface area contributed by atoms with Crippen molar-refractivity contribution in [3.05, 3.63) is 53.5 Å². The topological polar surface area (TPSA) is 68.2 Å². The molecule has 7 heteroatoms. The largest absolute Gasteiger partial charge is 0.366 e. The average Bonchev–Trinajstić information content (AvgIpc) is 3.28. The van der Waals surface area contributed by atoms with Gasteiger partial charge in [0.2, 0.25) is 0 Å². The molecule has 0 bridgehead atoms. The summed E-state index contributed by atoms with van der Waals surface area (Å²) in [6.45, 7) is 9.50. The van der Waals surface area contributed by atoms with Crippen molar-refractivity contribution in [2.24, 2.45) is 17.6 Å². The van der Waals surface area contributed by atoms with Gasteiger partial charge in [-0.3, -0.25) is 0 Å². The Kier molecular flexibility index (Phi) is 9.30.